The smallest absolute Gasteiger partial charge is 0.295 e. The van der Waals surface area contributed by atoms with Gasteiger partial charge < -0.3 is 0 Å². The zero-order valence-electron chi connectivity index (χ0n) is 19.0. The van der Waals surface area contributed by atoms with Crippen molar-refractivity contribution in [2.45, 2.75) is 76.3 Å². The van der Waals surface area contributed by atoms with Crippen molar-refractivity contribution in [3.63, 3.8) is 0 Å². The summed E-state index contributed by atoms with van der Waals surface area (Å²) in [5.74, 6) is 0.0958. The lowest BCUT2D eigenvalue weighted by Gasteiger charge is -2.31. The summed E-state index contributed by atoms with van der Waals surface area (Å²) in [7, 11) is 3.58. The van der Waals surface area contributed by atoms with Crippen LogP contribution in [0.1, 0.15) is 69.8 Å². The van der Waals surface area contributed by atoms with Crippen LogP contribution in [0.3, 0.4) is 0 Å². The van der Waals surface area contributed by atoms with Crippen LogP contribution in [-0.4, -0.2) is 37.2 Å². The van der Waals surface area contributed by atoms with Gasteiger partial charge in [-0.05, 0) is 61.2 Å². The molecule has 2 saturated carbocycles. The second kappa shape index (κ2) is 8.93. The van der Waals surface area contributed by atoms with Gasteiger partial charge >= 0.3 is 5.69 Å². The molecule has 0 spiro atoms. The molecule has 6 nitrogen and oxygen atoms in total. The molecule has 1 amide bonds. The van der Waals surface area contributed by atoms with Gasteiger partial charge in [0.2, 0.25) is 0 Å². The van der Waals surface area contributed by atoms with Gasteiger partial charge in [-0.25, -0.2) is 4.79 Å². The summed E-state index contributed by atoms with van der Waals surface area (Å²) in [6.07, 6.45) is 13.8. The molecular formula is C25H32N4O2S. The maximum Gasteiger partial charge on any atom is 0.328 e. The highest BCUT2D eigenvalue weighted by Crippen LogP contribution is 2.38. The van der Waals surface area contributed by atoms with Crippen molar-refractivity contribution in [3.8, 4) is 0 Å². The molecule has 32 heavy (non-hydrogen) atoms. The van der Waals surface area contributed by atoms with E-state index in [4.69, 9.17) is 4.99 Å². The van der Waals surface area contributed by atoms with Crippen LogP contribution < -0.4 is 5.69 Å². The number of amides is 1. The molecule has 3 fully saturated rings. The van der Waals surface area contributed by atoms with E-state index in [1.165, 1.54) is 38.5 Å². The zero-order valence-corrected chi connectivity index (χ0v) is 19.9. The summed E-state index contributed by atoms with van der Waals surface area (Å²) in [5, 5.41) is 0.910. The predicted molar refractivity (Wildman–Crippen MR) is 132 cm³/mol. The quantitative estimate of drug-likeness (QED) is 0.628. The van der Waals surface area contributed by atoms with Gasteiger partial charge in [-0.2, -0.15) is 0 Å². The third kappa shape index (κ3) is 3.96. The van der Waals surface area contributed by atoms with E-state index in [0.29, 0.717) is 6.04 Å². The van der Waals surface area contributed by atoms with Crippen molar-refractivity contribution in [2.24, 2.45) is 19.1 Å². The molecule has 170 valence electrons. The number of imidazole rings is 1. The number of carbonyl (C=O) groups is 1. The van der Waals surface area contributed by atoms with Crippen LogP contribution in [0.15, 0.2) is 32.9 Å². The number of carbonyl (C=O) groups excluding carboxylic acids is 1. The van der Waals surface area contributed by atoms with Crippen LogP contribution >= 0.6 is 11.8 Å². The number of benzene rings is 1. The molecule has 1 saturated heterocycles. The van der Waals surface area contributed by atoms with E-state index >= 15 is 0 Å². The van der Waals surface area contributed by atoms with Crippen LogP contribution in [0.5, 0.6) is 0 Å². The van der Waals surface area contributed by atoms with Gasteiger partial charge in [-0.3, -0.25) is 23.8 Å². The van der Waals surface area contributed by atoms with E-state index in [1.807, 2.05) is 29.2 Å². The van der Waals surface area contributed by atoms with Gasteiger partial charge in [0.15, 0.2) is 5.17 Å². The summed E-state index contributed by atoms with van der Waals surface area (Å²) < 4.78 is 3.31. The molecule has 5 rings (SSSR count). The molecule has 2 aliphatic carbocycles. The minimum atomic E-state index is -0.0403. The first-order valence-corrected chi connectivity index (χ1v) is 12.8. The molecule has 2 heterocycles. The second-order valence-corrected chi connectivity index (χ2v) is 10.4. The van der Waals surface area contributed by atoms with Crippen LogP contribution in [0.25, 0.3) is 17.1 Å². The van der Waals surface area contributed by atoms with E-state index in [1.54, 1.807) is 35.0 Å². The monoisotopic (exact) mass is 452 g/mol. The number of thioether (sulfide) groups is 1. The van der Waals surface area contributed by atoms with E-state index in [-0.39, 0.29) is 17.6 Å². The maximum absolute atomic E-state index is 13.5. The highest BCUT2D eigenvalue weighted by atomic mass is 32.2. The summed E-state index contributed by atoms with van der Waals surface area (Å²) >= 11 is 1.54. The van der Waals surface area contributed by atoms with Crippen molar-refractivity contribution in [3.05, 3.63) is 39.2 Å². The lowest BCUT2D eigenvalue weighted by molar-refractivity contribution is -0.124. The molecule has 0 N–H and O–H groups in total. The highest BCUT2D eigenvalue weighted by Gasteiger charge is 2.39. The SMILES string of the molecule is Cn1c(=O)n(C)c2cc(C=C3SC(=NC4CCCCC4)N(C4CCCCC4)C3=O)ccc21. The first-order chi connectivity index (χ1) is 15.5. The number of amidine groups is 1. The Bertz CT molecular complexity index is 1150. The standard InChI is InChI=1S/C25H32N4O2S/c1-27-20-14-13-17(15-21(20)28(2)25(27)31)16-22-23(30)29(19-11-7-4-8-12-19)24(32-22)26-18-9-5-3-6-10-18/h13-16,18-19H,3-12H2,1-2H3. The number of aromatic nitrogens is 2. The van der Waals surface area contributed by atoms with Crippen molar-refractivity contribution < 1.29 is 4.79 Å². The molecule has 0 unspecified atom stereocenters. The van der Waals surface area contributed by atoms with Crippen LogP contribution in [0.4, 0.5) is 0 Å². The normalized spacial score (nSPS) is 23.8. The number of rotatable bonds is 3. The van der Waals surface area contributed by atoms with Crippen molar-refractivity contribution >= 4 is 39.9 Å². The summed E-state index contributed by atoms with van der Waals surface area (Å²) in [5.41, 5.74) is 2.68. The van der Waals surface area contributed by atoms with Gasteiger partial charge in [0.25, 0.3) is 5.91 Å². The van der Waals surface area contributed by atoms with Crippen LogP contribution in [0, 0.1) is 0 Å². The van der Waals surface area contributed by atoms with Crippen LogP contribution in [0.2, 0.25) is 0 Å². The lowest BCUT2D eigenvalue weighted by atomic mass is 9.94. The molecule has 1 aromatic carbocycles. The molecule has 0 bridgehead atoms. The topological polar surface area (TPSA) is 59.6 Å². The zero-order chi connectivity index (χ0) is 22.2. The predicted octanol–water partition coefficient (Wildman–Crippen LogP) is 4.81. The molecule has 0 atom stereocenters. The number of aryl methyl sites for hydroxylation is 2. The fraction of sp³-hybridized carbons (Fsp3) is 0.560. The molecule has 3 aliphatic rings. The van der Waals surface area contributed by atoms with E-state index < -0.39 is 0 Å². The first kappa shape index (κ1) is 21.6. The maximum atomic E-state index is 13.5. The Morgan fingerprint density at radius 3 is 2.28 bits per heavy atom. The first-order valence-electron chi connectivity index (χ1n) is 12.0. The summed E-state index contributed by atoms with van der Waals surface area (Å²) in [6, 6.07) is 6.57. The number of nitrogens with zero attached hydrogens (tertiary/aromatic N) is 4. The van der Waals surface area contributed by atoms with Crippen molar-refractivity contribution in [1.29, 1.82) is 0 Å². The Morgan fingerprint density at radius 1 is 0.906 bits per heavy atom. The number of hydrogen-bond acceptors (Lipinski definition) is 4. The van der Waals surface area contributed by atoms with Gasteiger partial charge in [0.05, 0.1) is 22.0 Å². The summed E-state index contributed by atoms with van der Waals surface area (Å²) in [4.78, 5) is 33.7. The molecule has 0 radical (unpaired) electrons. The average Bonchev–Trinajstić information content (AvgIpc) is 3.23. The molecule has 1 aliphatic heterocycles. The van der Waals surface area contributed by atoms with Crippen molar-refractivity contribution in [2.75, 3.05) is 0 Å². The third-order valence-electron chi connectivity index (χ3n) is 7.24. The Hall–Kier alpha value is -2.28. The average molecular weight is 453 g/mol. The van der Waals surface area contributed by atoms with Crippen molar-refractivity contribution in [1.82, 2.24) is 14.0 Å². The van der Waals surface area contributed by atoms with E-state index in [9.17, 15) is 9.59 Å². The molecular weight excluding hydrogens is 420 g/mol. The number of hydrogen-bond donors (Lipinski definition) is 0. The van der Waals surface area contributed by atoms with E-state index in [2.05, 4.69) is 0 Å². The minimum Gasteiger partial charge on any atom is -0.295 e. The minimum absolute atomic E-state index is 0.0403. The fourth-order valence-electron chi connectivity index (χ4n) is 5.37. The van der Waals surface area contributed by atoms with Gasteiger partial charge in [0.1, 0.15) is 0 Å². The Labute approximate surface area is 193 Å². The number of aliphatic imine (C=N–C) groups is 1. The molecule has 2 aromatic rings. The van der Waals surface area contributed by atoms with Gasteiger partial charge in [-0.1, -0.05) is 44.6 Å². The Balaban J connectivity index is 1.49. The lowest BCUT2D eigenvalue weighted by Crippen LogP contribution is -2.41. The molecule has 7 heteroatoms. The van der Waals surface area contributed by atoms with Gasteiger partial charge in [-0.15, -0.1) is 0 Å². The Morgan fingerprint density at radius 2 is 1.56 bits per heavy atom. The third-order valence-corrected chi connectivity index (χ3v) is 8.24. The van der Waals surface area contributed by atoms with E-state index in [0.717, 1.165) is 52.4 Å². The largest absolute Gasteiger partial charge is 0.328 e. The Kier molecular flexibility index (Phi) is 6.01. The molecule has 1 aromatic heterocycles. The van der Waals surface area contributed by atoms with Gasteiger partial charge in [0, 0.05) is 20.1 Å². The highest BCUT2D eigenvalue weighted by molar-refractivity contribution is 8.18. The number of fused-ring (bicyclic) bond motifs is 1. The van der Waals surface area contributed by atoms with Crippen LogP contribution in [-0.2, 0) is 18.9 Å². The second-order valence-electron chi connectivity index (χ2n) is 9.43. The fourth-order valence-corrected chi connectivity index (χ4v) is 6.48. The summed E-state index contributed by atoms with van der Waals surface area (Å²) in [6.45, 7) is 0.